The summed E-state index contributed by atoms with van der Waals surface area (Å²) >= 11 is 1.44. The molecule has 1 aliphatic rings. The maximum absolute atomic E-state index is 12.6. The molecule has 2 aromatic carbocycles. The summed E-state index contributed by atoms with van der Waals surface area (Å²) in [6.45, 7) is 3.72. The van der Waals surface area contributed by atoms with Crippen molar-refractivity contribution in [1.29, 1.82) is 0 Å². The number of carbonyl (C=O) groups excluding carboxylic acids is 3. The molecule has 4 amide bonds. The number of fused-ring (bicyclic) bond motifs is 1. The second-order valence-electron chi connectivity index (χ2n) is 6.30. The van der Waals surface area contributed by atoms with Crippen LogP contribution in [0, 0.1) is 0 Å². The van der Waals surface area contributed by atoms with Crippen LogP contribution in [0.4, 0.5) is 21.9 Å². The minimum Gasteiger partial charge on any atom is -0.336 e. The number of hydrogen-bond donors (Lipinski definition) is 4. The molecule has 0 saturated carbocycles. The molecule has 27 heavy (non-hydrogen) atoms. The van der Waals surface area contributed by atoms with Crippen LogP contribution in [-0.4, -0.2) is 29.6 Å². The zero-order valence-corrected chi connectivity index (χ0v) is 15.8. The van der Waals surface area contributed by atoms with Crippen molar-refractivity contribution in [3.63, 3.8) is 0 Å². The topological polar surface area (TPSA) is 99.3 Å². The van der Waals surface area contributed by atoms with Crippen LogP contribution in [0.1, 0.15) is 24.2 Å². The highest BCUT2D eigenvalue weighted by atomic mass is 32.2. The third-order valence-electron chi connectivity index (χ3n) is 3.72. The van der Waals surface area contributed by atoms with Gasteiger partial charge in [-0.15, -0.1) is 11.8 Å². The lowest BCUT2D eigenvalue weighted by Crippen LogP contribution is -2.34. The van der Waals surface area contributed by atoms with Gasteiger partial charge < -0.3 is 21.3 Å². The van der Waals surface area contributed by atoms with Crippen molar-refractivity contribution in [3.05, 3.63) is 48.0 Å². The normalized spacial score (nSPS) is 12.8. The lowest BCUT2D eigenvalue weighted by molar-refractivity contribution is -0.113. The van der Waals surface area contributed by atoms with Crippen LogP contribution >= 0.6 is 11.8 Å². The van der Waals surface area contributed by atoms with Crippen LogP contribution < -0.4 is 21.3 Å². The van der Waals surface area contributed by atoms with Crippen LogP contribution in [0.3, 0.4) is 0 Å². The van der Waals surface area contributed by atoms with E-state index in [0.717, 1.165) is 4.90 Å². The Morgan fingerprint density at radius 1 is 1.07 bits per heavy atom. The van der Waals surface area contributed by atoms with Crippen molar-refractivity contribution in [2.24, 2.45) is 0 Å². The molecule has 1 aliphatic heterocycles. The molecule has 0 unspecified atom stereocenters. The molecule has 1 heterocycles. The molecule has 8 heteroatoms. The Labute approximate surface area is 161 Å². The summed E-state index contributed by atoms with van der Waals surface area (Å²) in [6.07, 6.45) is 0. The zero-order chi connectivity index (χ0) is 19.4. The standard InChI is InChI=1S/C19H20N4O3S/c1-11(2)20-19(26)23-14-6-4-3-5-13(14)22-18(25)12-7-8-16-15(9-12)21-17(24)10-27-16/h3-9,11H,10H2,1-2H3,(H,21,24)(H,22,25)(H2,20,23,26). The third-order valence-corrected chi connectivity index (χ3v) is 4.79. The summed E-state index contributed by atoms with van der Waals surface area (Å²) in [5, 5.41) is 11.0. The van der Waals surface area contributed by atoms with Crippen LogP contribution in [-0.2, 0) is 4.79 Å². The van der Waals surface area contributed by atoms with Crippen LogP contribution in [0.25, 0.3) is 0 Å². The average molecular weight is 384 g/mol. The van der Waals surface area contributed by atoms with Gasteiger partial charge in [-0.3, -0.25) is 9.59 Å². The Kier molecular flexibility index (Phi) is 5.66. The summed E-state index contributed by atoms with van der Waals surface area (Å²) in [7, 11) is 0. The lowest BCUT2D eigenvalue weighted by atomic mass is 10.1. The van der Waals surface area contributed by atoms with Crippen molar-refractivity contribution in [2.75, 3.05) is 21.7 Å². The maximum Gasteiger partial charge on any atom is 0.319 e. The Morgan fingerprint density at radius 2 is 1.78 bits per heavy atom. The molecule has 7 nitrogen and oxygen atoms in total. The third kappa shape index (κ3) is 4.79. The molecule has 2 aromatic rings. The highest BCUT2D eigenvalue weighted by molar-refractivity contribution is 8.00. The highest BCUT2D eigenvalue weighted by Crippen LogP contribution is 2.32. The number of para-hydroxylation sites is 2. The zero-order valence-electron chi connectivity index (χ0n) is 15.0. The van der Waals surface area contributed by atoms with E-state index in [1.165, 1.54) is 11.8 Å². The number of rotatable bonds is 4. The first-order valence-electron chi connectivity index (χ1n) is 8.47. The van der Waals surface area contributed by atoms with E-state index in [2.05, 4.69) is 21.3 Å². The molecule has 3 rings (SSSR count). The largest absolute Gasteiger partial charge is 0.336 e. The fraction of sp³-hybridized carbons (Fsp3) is 0.211. The van der Waals surface area contributed by atoms with E-state index >= 15 is 0 Å². The van der Waals surface area contributed by atoms with Gasteiger partial charge in [-0.25, -0.2) is 4.79 Å². The van der Waals surface area contributed by atoms with Crippen molar-refractivity contribution >= 4 is 46.7 Å². The van der Waals surface area contributed by atoms with Gasteiger partial charge in [0.15, 0.2) is 0 Å². The molecule has 0 atom stereocenters. The fourth-order valence-corrected chi connectivity index (χ4v) is 3.33. The van der Waals surface area contributed by atoms with E-state index in [1.807, 2.05) is 19.9 Å². The quantitative estimate of drug-likeness (QED) is 0.648. The first-order valence-corrected chi connectivity index (χ1v) is 9.45. The van der Waals surface area contributed by atoms with Gasteiger partial charge in [0, 0.05) is 16.5 Å². The molecule has 4 N–H and O–H groups in total. The number of nitrogens with one attached hydrogen (secondary N) is 4. The first-order chi connectivity index (χ1) is 12.9. The molecular formula is C19H20N4O3S. The van der Waals surface area contributed by atoms with Gasteiger partial charge >= 0.3 is 6.03 Å². The Morgan fingerprint density at radius 3 is 2.48 bits per heavy atom. The fourth-order valence-electron chi connectivity index (χ4n) is 2.54. The SMILES string of the molecule is CC(C)NC(=O)Nc1ccccc1NC(=O)c1ccc2c(c1)NC(=O)CS2. The minimum absolute atomic E-state index is 0.00432. The number of benzene rings is 2. The van der Waals surface area contributed by atoms with E-state index in [1.54, 1.807) is 36.4 Å². The molecule has 0 radical (unpaired) electrons. The van der Waals surface area contributed by atoms with E-state index in [9.17, 15) is 14.4 Å². The summed E-state index contributed by atoms with van der Waals surface area (Å²) in [5.41, 5.74) is 2.02. The van der Waals surface area contributed by atoms with Crippen molar-refractivity contribution in [3.8, 4) is 0 Å². The van der Waals surface area contributed by atoms with Crippen LogP contribution in [0.2, 0.25) is 0 Å². The number of amides is 4. The number of urea groups is 1. The van der Waals surface area contributed by atoms with Crippen LogP contribution in [0.15, 0.2) is 47.4 Å². The van der Waals surface area contributed by atoms with E-state index in [-0.39, 0.29) is 23.9 Å². The van der Waals surface area contributed by atoms with Gasteiger partial charge in [0.1, 0.15) is 0 Å². The first kappa shape index (κ1) is 18.8. The molecule has 0 aliphatic carbocycles. The number of hydrogen-bond acceptors (Lipinski definition) is 4. The van der Waals surface area contributed by atoms with E-state index in [4.69, 9.17) is 0 Å². The maximum atomic E-state index is 12.6. The summed E-state index contributed by atoms with van der Waals surface area (Å²) in [6, 6.07) is 11.8. The molecule has 0 bridgehead atoms. The predicted octanol–water partition coefficient (Wildman–Crippen LogP) is 3.51. The molecular weight excluding hydrogens is 364 g/mol. The van der Waals surface area contributed by atoms with Gasteiger partial charge in [0.2, 0.25) is 5.91 Å². The van der Waals surface area contributed by atoms with Gasteiger partial charge in [-0.05, 0) is 44.2 Å². The summed E-state index contributed by atoms with van der Waals surface area (Å²) in [5.74, 6) is -0.0485. The van der Waals surface area contributed by atoms with Crippen molar-refractivity contribution in [1.82, 2.24) is 5.32 Å². The van der Waals surface area contributed by atoms with E-state index < -0.39 is 0 Å². The molecule has 0 fully saturated rings. The Bertz CT molecular complexity index is 898. The molecule has 140 valence electrons. The predicted molar refractivity (Wildman–Crippen MR) is 107 cm³/mol. The van der Waals surface area contributed by atoms with Gasteiger partial charge in [0.25, 0.3) is 5.91 Å². The highest BCUT2D eigenvalue weighted by Gasteiger charge is 2.18. The summed E-state index contributed by atoms with van der Waals surface area (Å²) in [4.78, 5) is 37.1. The smallest absolute Gasteiger partial charge is 0.319 e. The molecule has 0 spiro atoms. The summed E-state index contributed by atoms with van der Waals surface area (Å²) < 4.78 is 0. The molecule has 0 aromatic heterocycles. The number of carbonyl (C=O) groups is 3. The average Bonchev–Trinajstić information content (AvgIpc) is 2.62. The Hall–Kier alpha value is -3.00. The second kappa shape index (κ2) is 8.13. The minimum atomic E-state index is -0.347. The lowest BCUT2D eigenvalue weighted by Gasteiger charge is -2.17. The second-order valence-corrected chi connectivity index (χ2v) is 7.32. The molecule has 0 saturated heterocycles. The van der Waals surface area contributed by atoms with Crippen LogP contribution in [0.5, 0.6) is 0 Å². The van der Waals surface area contributed by atoms with E-state index in [0.29, 0.717) is 28.4 Å². The van der Waals surface area contributed by atoms with Gasteiger partial charge in [-0.2, -0.15) is 0 Å². The number of thioether (sulfide) groups is 1. The van der Waals surface area contributed by atoms with Gasteiger partial charge in [-0.1, -0.05) is 12.1 Å². The Balaban J connectivity index is 1.76. The monoisotopic (exact) mass is 384 g/mol. The van der Waals surface area contributed by atoms with Crippen molar-refractivity contribution < 1.29 is 14.4 Å². The number of anilines is 3. The van der Waals surface area contributed by atoms with Gasteiger partial charge in [0.05, 0.1) is 22.8 Å². The van der Waals surface area contributed by atoms with Crippen molar-refractivity contribution in [2.45, 2.75) is 24.8 Å².